The average Bonchev–Trinajstić information content (AvgIpc) is 2.47. The first-order valence-electron chi connectivity index (χ1n) is 5.91. The van der Waals surface area contributed by atoms with Crippen LogP contribution in [-0.2, 0) is 4.79 Å². The van der Waals surface area contributed by atoms with Crippen LogP contribution in [0.1, 0.15) is 5.56 Å². The van der Waals surface area contributed by atoms with Crippen molar-refractivity contribution in [1.82, 2.24) is 0 Å². The summed E-state index contributed by atoms with van der Waals surface area (Å²) >= 11 is 8.00. The van der Waals surface area contributed by atoms with Crippen LogP contribution in [0.5, 0.6) is 0 Å². The summed E-state index contributed by atoms with van der Waals surface area (Å²) in [4.78, 5) is 11.4. The first-order chi connectivity index (χ1) is 9.67. The van der Waals surface area contributed by atoms with Crippen molar-refractivity contribution in [2.75, 3.05) is 6.26 Å². The normalized spacial score (nSPS) is 10.9. The van der Waals surface area contributed by atoms with Gasteiger partial charge < -0.3 is 0 Å². The molecule has 0 radical (unpaired) electrons. The molecule has 0 saturated carbocycles. The summed E-state index contributed by atoms with van der Waals surface area (Å²) in [5.41, 5.74) is 2.46. The smallest absolute Gasteiger partial charge is 0.142 e. The number of rotatable bonds is 4. The summed E-state index contributed by atoms with van der Waals surface area (Å²) in [6, 6.07) is 10.0. The molecule has 0 bridgehead atoms. The fourth-order valence-corrected chi connectivity index (χ4v) is 2.92. The fourth-order valence-electron chi connectivity index (χ4n) is 1.90. The van der Waals surface area contributed by atoms with E-state index in [-0.39, 0.29) is 5.82 Å². The van der Waals surface area contributed by atoms with E-state index >= 15 is 0 Å². The molecule has 0 amide bonds. The molecule has 0 aliphatic heterocycles. The molecule has 0 N–H and O–H groups in total. The van der Waals surface area contributed by atoms with Crippen molar-refractivity contribution in [1.29, 1.82) is 0 Å². The number of aldehydes is 1. The molecular formula is C16H12ClFOS. The summed E-state index contributed by atoms with van der Waals surface area (Å²) in [6.07, 6.45) is 5.72. The van der Waals surface area contributed by atoms with Gasteiger partial charge in [0.1, 0.15) is 12.1 Å². The molecule has 0 saturated heterocycles. The maximum atomic E-state index is 13.0. The zero-order valence-corrected chi connectivity index (χ0v) is 12.3. The third-order valence-electron chi connectivity index (χ3n) is 2.84. The molecule has 20 heavy (non-hydrogen) atoms. The summed E-state index contributed by atoms with van der Waals surface area (Å²) < 4.78 is 13.0. The maximum Gasteiger partial charge on any atom is 0.142 e. The molecule has 4 heteroatoms. The van der Waals surface area contributed by atoms with Crippen molar-refractivity contribution < 1.29 is 9.18 Å². The van der Waals surface area contributed by atoms with Gasteiger partial charge in [-0.05, 0) is 41.7 Å². The highest BCUT2D eigenvalue weighted by Gasteiger charge is 2.12. The van der Waals surface area contributed by atoms with Gasteiger partial charge in [0, 0.05) is 10.5 Å². The van der Waals surface area contributed by atoms with Crippen LogP contribution in [0.4, 0.5) is 4.39 Å². The Morgan fingerprint density at radius 1 is 1.15 bits per heavy atom. The van der Waals surface area contributed by atoms with E-state index in [1.54, 1.807) is 30.0 Å². The second kappa shape index (κ2) is 6.73. The lowest BCUT2D eigenvalue weighted by Gasteiger charge is -2.12. The molecule has 1 nitrogen and oxygen atoms in total. The van der Waals surface area contributed by atoms with Gasteiger partial charge >= 0.3 is 0 Å². The van der Waals surface area contributed by atoms with E-state index in [1.807, 2.05) is 18.4 Å². The van der Waals surface area contributed by atoms with Gasteiger partial charge in [-0.2, -0.15) is 0 Å². The molecule has 0 fully saturated rings. The van der Waals surface area contributed by atoms with Gasteiger partial charge in [0.05, 0.1) is 5.02 Å². The first kappa shape index (κ1) is 14.8. The Bertz CT molecular complexity index is 650. The van der Waals surface area contributed by atoms with Gasteiger partial charge in [0.2, 0.25) is 0 Å². The molecule has 2 aromatic rings. The lowest BCUT2D eigenvalue weighted by molar-refractivity contribution is -0.104. The second-order valence-corrected chi connectivity index (χ2v) is 5.27. The van der Waals surface area contributed by atoms with E-state index in [9.17, 15) is 9.18 Å². The van der Waals surface area contributed by atoms with Gasteiger partial charge in [-0.3, -0.25) is 4.79 Å². The fraction of sp³-hybridized carbons (Fsp3) is 0.0625. The van der Waals surface area contributed by atoms with Crippen LogP contribution < -0.4 is 0 Å². The van der Waals surface area contributed by atoms with Gasteiger partial charge in [-0.15, -0.1) is 11.8 Å². The Morgan fingerprint density at radius 2 is 1.85 bits per heavy atom. The minimum atomic E-state index is -0.285. The Balaban J connectivity index is 2.62. The minimum Gasteiger partial charge on any atom is -0.299 e. The van der Waals surface area contributed by atoms with Crippen molar-refractivity contribution in [3.05, 3.63) is 58.9 Å². The second-order valence-electron chi connectivity index (χ2n) is 4.05. The highest BCUT2D eigenvalue weighted by molar-refractivity contribution is 7.98. The molecule has 0 unspecified atom stereocenters. The zero-order valence-electron chi connectivity index (χ0n) is 10.8. The number of halogens is 2. The summed E-state index contributed by atoms with van der Waals surface area (Å²) in [5, 5.41) is 0.557. The largest absolute Gasteiger partial charge is 0.299 e. The van der Waals surface area contributed by atoms with Crippen LogP contribution in [0.15, 0.2) is 47.4 Å². The quantitative estimate of drug-likeness (QED) is 0.445. The molecule has 0 aromatic heterocycles. The predicted octanol–water partition coefficient (Wildman–Crippen LogP) is 5.08. The molecule has 0 aliphatic carbocycles. The number of thioether (sulfide) groups is 1. The van der Waals surface area contributed by atoms with Crippen LogP contribution in [-0.4, -0.2) is 12.5 Å². The van der Waals surface area contributed by atoms with E-state index in [1.165, 1.54) is 18.2 Å². The van der Waals surface area contributed by atoms with Gasteiger partial charge in [0.15, 0.2) is 0 Å². The van der Waals surface area contributed by atoms with Crippen LogP contribution in [0, 0.1) is 5.82 Å². The van der Waals surface area contributed by atoms with Crippen LogP contribution in [0.3, 0.4) is 0 Å². The number of allylic oxidation sites excluding steroid dienone is 1. The first-order valence-corrected chi connectivity index (χ1v) is 7.52. The van der Waals surface area contributed by atoms with E-state index in [0.717, 1.165) is 21.6 Å². The van der Waals surface area contributed by atoms with Gasteiger partial charge in [-0.25, -0.2) is 4.39 Å². The standard InChI is InChI=1S/C16H12ClFOS/c1-20-14-9-6-12(3-2-10-19)16(17)15(14)11-4-7-13(18)8-5-11/h2-10H,1H3/b3-2+. The molecule has 0 aliphatic rings. The Kier molecular flexibility index (Phi) is 4.99. The Hall–Kier alpha value is -1.58. The third kappa shape index (κ3) is 3.11. The highest BCUT2D eigenvalue weighted by Crippen LogP contribution is 2.38. The van der Waals surface area contributed by atoms with E-state index in [2.05, 4.69) is 0 Å². The summed E-state index contributed by atoms with van der Waals surface area (Å²) in [5.74, 6) is -0.285. The monoisotopic (exact) mass is 306 g/mol. The zero-order chi connectivity index (χ0) is 14.5. The van der Waals surface area contributed by atoms with Crippen molar-refractivity contribution in [3.63, 3.8) is 0 Å². The van der Waals surface area contributed by atoms with Crippen molar-refractivity contribution >= 4 is 35.7 Å². The Morgan fingerprint density at radius 3 is 2.45 bits per heavy atom. The van der Waals surface area contributed by atoms with E-state index < -0.39 is 0 Å². The topological polar surface area (TPSA) is 17.1 Å². The molecular weight excluding hydrogens is 295 g/mol. The number of carbonyl (C=O) groups is 1. The van der Waals surface area contributed by atoms with Crippen molar-refractivity contribution in [2.45, 2.75) is 4.90 Å². The summed E-state index contributed by atoms with van der Waals surface area (Å²) in [6.45, 7) is 0. The molecule has 0 heterocycles. The number of benzene rings is 2. The number of carbonyl (C=O) groups excluding carboxylic acids is 1. The van der Waals surface area contributed by atoms with E-state index in [0.29, 0.717) is 11.3 Å². The summed E-state index contributed by atoms with van der Waals surface area (Å²) in [7, 11) is 0. The number of hydrogen-bond donors (Lipinski definition) is 0. The maximum absolute atomic E-state index is 13.0. The Labute approximate surface area is 126 Å². The molecule has 2 rings (SSSR count). The number of hydrogen-bond acceptors (Lipinski definition) is 2. The highest BCUT2D eigenvalue weighted by atomic mass is 35.5. The SMILES string of the molecule is CSc1ccc(/C=C/C=O)c(Cl)c1-c1ccc(F)cc1. The third-order valence-corrected chi connectivity index (χ3v) is 4.03. The van der Waals surface area contributed by atoms with Crippen molar-refractivity contribution in [2.24, 2.45) is 0 Å². The van der Waals surface area contributed by atoms with E-state index in [4.69, 9.17) is 11.6 Å². The molecule has 0 atom stereocenters. The van der Waals surface area contributed by atoms with Crippen LogP contribution >= 0.6 is 23.4 Å². The van der Waals surface area contributed by atoms with Crippen LogP contribution in [0.25, 0.3) is 17.2 Å². The van der Waals surface area contributed by atoms with Crippen molar-refractivity contribution in [3.8, 4) is 11.1 Å². The predicted molar refractivity (Wildman–Crippen MR) is 83.7 cm³/mol. The van der Waals surface area contributed by atoms with Gasteiger partial charge in [0.25, 0.3) is 0 Å². The lowest BCUT2D eigenvalue weighted by Crippen LogP contribution is -1.88. The van der Waals surface area contributed by atoms with Crippen LogP contribution in [0.2, 0.25) is 5.02 Å². The molecule has 102 valence electrons. The molecule has 0 spiro atoms. The molecule has 2 aromatic carbocycles. The lowest BCUT2D eigenvalue weighted by atomic mass is 10.0. The minimum absolute atomic E-state index is 0.285. The average molecular weight is 307 g/mol. The van der Waals surface area contributed by atoms with Gasteiger partial charge in [-0.1, -0.05) is 35.9 Å².